The van der Waals surface area contributed by atoms with E-state index < -0.39 is 10.0 Å². The fourth-order valence-corrected chi connectivity index (χ4v) is 1.81. The van der Waals surface area contributed by atoms with E-state index in [2.05, 4.69) is 25.5 Å². The monoisotopic (exact) mass is 257 g/mol. The van der Waals surface area contributed by atoms with Gasteiger partial charge in [-0.25, -0.2) is 13.1 Å². The molecule has 0 amide bonds. The molecule has 0 aliphatic rings. The van der Waals surface area contributed by atoms with Crippen LogP contribution in [0.4, 0.5) is 0 Å². The Hall–Kier alpha value is -1.07. The largest absolute Gasteiger partial charge is 0.508 e. The number of benzene rings is 1. The van der Waals surface area contributed by atoms with Gasteiger partial charge in [0.2, 0.25) is 10.0 Å². The summed E-state index contributed by atoms with van der Waals surface area (Å²) in [6.07, 6.45) is 1.09. The van der Waals surface area contributed by atoms with Crippen molar-refractivity contribution in [3.05, 3.63) is 29.3 Å². The Balaban J connectivity index is 2.91. The van der Waals surface area contributed by atoms with E-state index in [1.807, 2.05) is 6.07 Å². The van der Waals surface area contributed by atoms with Gasteiger partial charge in [0.05, 0.1) is 6.26 Å². The van der Waals surface area contributed by atoms with Crippen LogP contribution < -0.4 is 4.72 Å². The van der Waals surface area contributed by atoms with Gasteiger partial charge in [-0.1, -0.05) is 32.9 Å². The normalized spacial score (nSPS) is 12.7. The third-order valence-corrected chi connectivity index (χ3v) is 3.14. The summed E-state index contributed by atoms with van der Waals surface area (Å²) in [6, 6.07) is 5.33. The fraction of sp³-hybridized carbons (Fsp3) is 0.500. The summed E-state index contributed by atoms with van der Waals surface area (Å²) < 4.78 is 24.2. The quantitative estimate of drug-likeness (QED) is 0.866. The average Bonchev–Trinajstić information content (AvgIpc) is 2.12. The number of phenolic OH excluding ortho intramolecular Hbond substituents is 1. The van der Waals surface area contributed by atoms with E-state index in [1.54, 1.807) is 12.1 Å². The lowest BCUT2D eigenvalue weighted by molar-refractivity contribution is 0.463. The van der Waals surface area contributed by atoms with Crippen molar-refractivity contribution in [2.45, 2.75) is 32.7 Å². The molecule has 96 valence electrons. The maximum absolute atomic E-state index is 10.9. The number of hydrogen-bond donors (Lipinski definition) is 2. The van der Waals surface area contributed by atoms with Gasteiger partial charge in [0.15, 0.2) is 0 Å². The predicted octanol–water partition coefficient (Wildman–Crippen LogP) is 1.74. The highest BCUT2D eigenvalue weighted by atomic mass is 32.2. The Morgan fingerprint density at radius 1 is 1.29 bits per heavy atom. The zero-order valence-electron chi connectivity index (χ0n) is 10.6. The van der Waals surface area contributed by atoms with E-state index >= 15 is 0 Å². The van der Waals surface area contributed by atoms with Crippen LogP contribution in [0, 0.1) is 0 Å². The number of hydrogen-bond acceptors (Lipinski definition) is 3. The van der Waals surface area contributed by atoms with Gasteiger partial charge in [0.25, 0.3) is 0 Å². The molecule has 4 nitrogen and oxygen atoms in total. The van der Waals surface area contributed by atoms with Crippen LogP contribution in [-0.2, 0) is 22.0 Å². The Morgan fingerprint density at radius 3 is 2.29 bits per heavy atom. The molecule has 0 aliphatic carbocycles. The molecule has 0 fully saturated rings. The molecule has 0 saturated carbocycles. The smallest absolute Gasteiger partial charge is 0.209 e. The number of aromatic hydroxyl groups is 1. The van der Waals surface area contributed by atoms with E-state index in [0.717, 1.165) is 11.8 Å². The van der Waals surface area contributed by atoms with Gasteiger partial charge in [-0.3, -0.25) is 0 Å². The van der Waals surface area contributed by atoms with E-state index in [0.29, 0.717) is 5.56 Å². The molecule has 0 aliphatic heterocycles. The second-order valence-corrected chi connectivity index (χ2v) is 7.02. The molecule has 17 heavy (non-hydrogen) atoms. The molecule has 0 saturated heterocycles. The number of nitrogens with one attached hydrogen (secondary N) is 1. The molecule has 1 rings (SSSR count). The molecule has 0 aromatic heterocycles. The summed E-state index contributed by atoms with van der Waals surface area (Å²) >= 11 is 0. The van der Waals surface area contributed by atoms with Crippen LogP contribution in [0.15, 0.2) is 18.2 Å². The Bertz CT molecular complexity index is 501. The molecule has 5 heteroatoms. The van der Waals surface area contributed by atoms with Crippen molar-refractivity contribution in [3.63, 3.8) is 0 Å². The first-order chi connectivity index (χ1) is 7.59. The molecule has 0 atom stereocenters. The fourth-order valence-electron chi connectivity index (χ4n) is 1.39. The molecule has 0 unspecified atom stereocenters. The van der Waals surface area contributed by atoms with E-state index in [4.69, 9.17) is 0 Å². The highest BCUT2D eigenvalue weighted by Gasteiger charge is 2.15. The van der Waals surface area contributed by atoms with Gasteiger partial charge in [-0.05, 0) is 17.0 Å². The molecular formula is C12H19NO3S. The van der Waals surface area contributed by atoms with Crippen LogP contribution in [-0.4, -0.2) is 19.8 Å². The lowest BCUT2D eigenvalue weighted by atomic mass is 9.86. The number of sulfonamides is 1. The van der Waals surface area contributed by atoms with Crippen LogP contribution >= 0.6 is 0 Å². The third-order valence-electron chi connectivity index (χ3n) is 2.48. The van der Waals surface area contributed by atoms with Crippen molar-refractivity contribution in [2.75, 3.05) is 6.26 Å². The SMILES string of the molecule is CC(C)(C)c1ccc(CNS(C)(=O)=O)c(O)c1. The zero-order chi connectivity index (χ0) is 13.3. The third kappa shape index (κ3) is 4.36. The summed E-state index contributed by atoms with van der Waals surface area (Å²) in [5.74, 6) is 0.119. The molecule has 0 heterocycles. The highest BCUT2D eigenvalue weighted by Crippen LogP contribution is 2.27. The standard InChI is InChI=1S/C12H19NO3S/c1-12(2,3)10-6-5-9(11(14)7-10)8-13-17(4,15)16/h5-7,13-14H,8H2,1-4H3. The van der Waals surface area contributed by atoms with Crippen LogP contribution in [0.3, 0.4) is 0 Å². The number of phenols is 1. The molecule has 2 N–H and O–H groups in total. The van der Waals surface area contributed by atoms with Crippen molar-refractivity contribution in [3.8, 4) is 5.75 Å². The minimum absolute atomic E-state index is 0.0414. The lowest BCUT2D eigenvalue weighted by Gasteiger charge is -2.20. The van der Waals surface area contributed by atoms with E-state index in [1.165, 1.54) is 0 Å². The van der Waals surface area contributed by atoms with Crippen molar-refractivity contribution in [2.24, 2.45) is 0 Å². The molecule has 1 aromatic rings. The molecule has 1 aromatic carbocycles. The summed E-state index contributed by atoms with van der Waals surface area (Å²) in [6.45, 7) is 6.26. The van der Waals surface area contributed by atoms with Gasteiger partial charge >= 0.3 is 0 Å². The van der Waals surface area contributed by atoms with Gasteiger partial charge in [0.1, 0.15) is 5.75 Å². The van der Waals surface area contributed by atoms with Gasteiger partial charge in [-0.2, -0.15) is 0 Å². The second kappa shape index (κ2) is 4.66. The second-order valence-electron chi connectivity index (χ2n) is 5.19. The lowest BCUT2D eigenvalue weighted by Crippen LogP contribution is -2.21. The van der Waals surface area contributed by atoms with Crippen LogP contribution in [0.2, 0.25) is 0 Å². The number of rotatable bonds is 3. The molecule has 0 bridgehead atoms. The van der Waals surface area contributed by atoms with Crippen molar-refractivity contribution < 1.29 is 13.5 Å². The van der Waals surface area contributed by atoms with Gasteiger partial charge in [0, 0.05) is 12.1 Å². The Labute approximate surface area is 103 Å². The summed E-state index contributed by atoms with van der Waals surface area (Å²) in [5.41, 5.74) is 1.54. The Morgan fingerprint density at radius 2 is 1.88 bits per heavy atom. The Kier molecular flexibility index (Phi) is 3.84. The summed E-state index contributed by atoms with van der Waals surface area (Å²) in [5, 5.41) is 9.82. The first kappa shape index (κ1) is 14.0. The molecule has 0 radical (unpaired) electrons. The van der Waals surface area contributed by atoms with E-state index in [-0.39, 0.29) is 17.7 Å². The molecular weight excluding hydrogens is 238 g/mol. The predicted molar refractivity (Wildman–Crippen MR) is 68.5 cm³/mol. The highest BCUT2D eigenvalue weighted by molar-refractivity contribution is 7.88. The van der Waals surface area contributed by atoms with Crippen molar-refractivity contribution in [1.29, 1.82) is 0 Å². The van der Waals surface area contributed by atoms with Crippen LogP contribution in [0.1, 0.15) is 31.9 Å². The minimum atomic E-state index is -3.24. The van der Waals surface area contributed by atoms with Crippen LogP contribution in [0.25, 0.3) is 0 Å². The maximum Gasteiger partial charge on any atom is 0.209 e. The first-order valence-corrected chi connectivity index (χ1v) is 7.26. The van der Waals surface area contributed by atoms with Crippen molar-refractivity contribution >= 4 is 10.0 Å². The van der Waals surface area contributed by atoms with Gasteiger partial charge < -0.3 is 5.11 Å². The first-order valence-electron chi connectivity index (χ1n) is 5.36. The average molecular weight is 257 g/mol. The molecule has 0 spiro atoms. The maximum atomic E-state index is 10.9. The summed E-state index contributed by atoms with van der Waals surface area (Å²) in [7, 11) is -3.24. The topological polar surface area (TPSA) is 66.4 Å². The van der Waals surface area contributed by atoms with Crippen molar-refractivity contribution in [1.82, 2.24) is 4.72 Å². The minimum Gasteiger partial charge on any atom is -0.508 e. The van der Waals surface area contributed by atoms with E-state index in [9.17, 15) is 13.5 Å². The summed E-state index contributed by atoms with van der Waals surface area (Å²) in [4.78, 5) is 0. The zero-order valence-corrected chi connectivity index (χ0v) is 11.4. The van der Waals surface area contributed by atoms with Crippen LogP contribution in [0.5, 0.6) is 5.75 Å². The van der Waals surface area contributed by atoms with Gasteiger partial charge in [-0.15, -0.1) is 0 Å².